The van der Waals surface area contributed by atoms with Gasteiger partial charge in [-0.05, 0) is 19.2 Å². The molecule has 6 heterocycles. The Bertz CT molecular complexity index is 1430. The van der Waals surface area contributed by atoms with Gasteiger partial charge in [0.15, 0.2) is 5.82 Å². The van der Waals surface area contributed by atoms with E-state index < -0.39 is 0 Å². The van der Waals surface area contributed by atoms with Gasteiger partial charge in [-0.3, -0.25) is 20.1 Å². The number of nitrogens with one attached hydrogen (secondary N) is 2. The van der Waals surface area contributed by atoms with Gasteiger partial charge in [-0.15, -0.1) is 0 Å². The molecule has 0 aliphatic carbocycles. The molecule has 0 atom stereocenters. The van der Waals surface area contributed by atoms with E-state index in [4.69, 9.17) is 10.7 Å². The van der Waals surface area contributed by atoms with Crippen LogP contribution in [0, 0.1) is 0 Å². The van der Waals surface area contributed by atoms with E-state index in [0.717, 1.165) is 70.8 Å². The average molecular weight is 426 g/mol. The normalized spacial score (nSPS) is 15.1. The van der Waals surface area contributed by atoms with Crippen molar-refractivity contribution in [3.63, 3.8) is 0 Å². The zero-order valence-corrected chi connectivity index (χ0v) is 17.6. The zero-order chi connectivity index (χ0) is 21.7. The number of nitrogens with two attached hydrogens (primary N) is 1. The van der Waals surface area contributed by atoms with Crippen LogP contribution in [0.1, 0.15) is 0 Å². The van der Waals surface area contributed by atoms with E-state index in [9.17, 15) is 0 Å². The number of anilines is 2. The Balaban J connectivity index is 1.44. The number of piperazine rings is 1. The highest BCUT2D eigenvalue weighted by atomic mass is 15.3. The Morgan fingerprint density at radius 1 is 0.938 bits per heavy atom. The molecule has 160 valence electrons. The molecule has 1 saturated heterocycles. The van der Waals surface area contributed by atoms with Crippen molar-refractivity contribution in [2.75, 3.05) is 43.9 Å². The van der Waals surface area contributed by atoms with Crippen LogP contribution in [0.2, 0.25) is 0 Å². The SMILES string of the molecule is CN1CCN(c2cncc3[nH]c(-c4n[nH]c5cnc(-c6cncc(N)c6)cc45)nc23)CC1. The van der Waals surface area contributed by atoms with Crippen LogP contribution in [0.5, 0.6) is 0 Å². The number of nitrogens with zero attached hydrogens (tertiary/aromatic N) is 7. The molecule has 0 aromatic carbocycles. The van der Waals surface area contributed by atoms with E-state index in [1.165, 1.54) is 0 Å². The predicted octanol–water partition coefficient (Wildman–Crippen LogP) is 2.29. The fourth-order valence-corrected chi connectivity index (χ4v) is 4.16. The van der Waals surface area contributed by atoms with Gasteiger partial charge in [-0.25, -0.2) is 4.98 Å². The fourth-order valence-electron chi connectivity index (χ4n) is 4.16. The summed E-state index contributed by atoms with van der Waals surface area (Å²) in [4.78, 5) is 26.2. The lowest BCUT2D eigenvalue weighted by molar-refractivity contribution is 0.313. The molecule has 0 saturated carbocycles. The highest BCUT2D eigenvalue weighted by Crippen LogP contribution is 2.31. The van der Waals surface area contributed by atoms with Crippen LogP contribution in [0.25, 0.3) is 44.7 Å². The molecule has 4 N–H and O–H groups in total. The second kappa shape index (κ2) is 7.27. The summed E-state index contributed by atoms with van der Waals surface area (Å²) in [6, 6.07) is 3.84. The number of rotatable bonds is 3. The molecule has 0 spiro atoms. The molecule has 1 aliphatic rings. The molecule has 32 heavy (non-hydrogen) atoms. The van der Waals surface area contributed by atoms with Gasteiger partial charge in [0.25, 0.3) is 0 Å². The first kappa shape index (κ1) is 18.7. The minimum atomic E-state index is 0.595. The molecule has 0 unspecified atom stereocenters. The lowest BCUT2D eigenvalue weighted by Gasteiger charge is -2.33. The quantitative estimate of drug-likeness (QED) is 0.401. The van der Waals surface area contributed by atoms with Crippen molar-refractivity contribution in [3.8, 4) is 22.8 Å². The summed E-state index contributed by atoms with van der Waals surface area (Å²) < 4.78 is 0. The van der Waals surface area contributed by atoms with Gasteiger partial charge in [0, 0.05) is 49.5 Å². The number of hydrogen-bond acceptors (Lipinski definition) is 8. The number of aromatic nitrogens is 7. The van der Waals surface area contributed by atoms with E-state index in [2.05, 4.69) is 47.0 Å². The summed E-state index contributed by atoms with van der Waals surface area (Å²) in [6.07, 6.45) is 8.84. The van der Waals surface area contributed by atoms with Gasteiger partial charge in [0.2, 0.25) is 0 Å². The zero-order valence-electron chi connectivity index (χ0n) is 17.6. The first-order chi connectivity index (χ1) is 15.7. The number of nitrogen functional groups attached to an aromatic ring is 1. The number of aromatic amines is 2. The third kappa shape index (κ3) is 3.12. The van der Waals surface area contributed by atoms with E-state index in [1.54, 1.807) is 18.6 Å². The van der Waals surface area contributed by atoms with E-state index in [-0.39, 0.29) is 0 Å². The maximum absolute atomic E-state index is 5.90. The van der Waals surface area contributed by atoms with Gasteiger partial charge >= 0.3 is 0 Å². The summed E-state index contributed by atoms with van der Waals surface area (Å²) in [5.74, 6) is 0.692. The smallest absolute Gasteiger partial charge is 0.159 e. The van der Waals surface area contributed by atoms with Crippen LogP contribution in [-0.2, 0) is 0 Å². The number of likely N-dealkylation sites (N-methyl/N-ethyl adjacent to an activating group) is 1. The molecule has 1 fully saturated rings. The number of hydrogen-bond donors (Lipinski definition) is 3. The van der Waals surface area contributed by atoms with Crippen LogP contribution < -0.4 is 10.6 Å². The summed E-state index contributed by atoms with van der Waals surface area (Å²) in [6.45, 7) is 3.95. The van der Waals surface area contributed by atoms with Crippen molar-refractivity contribution in [1.29, 1.82) is 0 Å². The van der Waals surface area contributed by atoms with Crippen molar-refractivity contribution in [3.05, 3.63) is 43.1 Å². The monoisotopic (exact) mass is 426 g/mol. The Morgan fingerprint density at radius 3 is 2.62 bits per heavy atom. The Morgan fingerprint density at radius 2 is 1.78 bits per heavy atom. The topological polar surface area (TPSA) is 129 Å². The second-order valence-electron chi connectivity index (χ2n) is 8.12. The lowest BCUT2D eigenvalue weighted by atomic mass is 10.1. The van der Waals surface area contributed by atoms with Crippen LogP contribution in [0.15, 0.2) is 43.1 Å². The second-order valence-corrected chi connectivity index (χ2v) is 8.12. The number of pyridine rings is 3. The average Bonchev–Trinajstić information content (AvgIpc) is 3.43. The molecule has 1 aliphatic heterocycles. The maximum Gasteiger partial charge on any atom is 0.159 e. The molecular weight excluding hydrogens is 404 g/mol. The summed E-state index contributed by atoms with van der Waals surface area (Å²) in [5.41, 5.74) is 12.5. The van der Waals surface area contributed by atoms with Crippen molar-refractivity contribution >= 4 is 33.3 Å². The third-order valence-corrected chi connectivity index (χ3v) is 5.95. The van der Waals surface area contributed by atoms with Crippen LogP contribution in [0.4, 0.5) is 11.4 Å². The Hall–Kier alpha value is -4.05. The van der Waals surface area contributed by atoms with Gasteiger partial charge in [0.05, 0.1) is 46.7 Å². The Labute approximate surface area is 183 Å². The maximum atomic E-state index is 5.90. The minimum Gasteiger partial charge on any atom is -0.397 e. The fraction of sp³-hybridized carbons (Fsp3) is 0.227. The van der Waals surface area contributed by atoms with Crippen LogP contribution in [-0.4, -0.2) is 73.2 Å². The first-order valence-electron chi connectivity index (χ1n) is 10.5. The molecule has 6 rings (SSSR count). The first-order valence-corrected chi connectivity index (χ1v) is 10.5. The van der Waals surface area contributed by atoms with Gasteiger partial charge in [-0.1, -0.05) is 0 Å². The van der Waals surface area contributed by atoms with E-state index in [1.807, 2.05) is 24.5 Å². The summed E-state index contributed by atoms with van der Waals surface area (Å²) in [5, 5.41) is 8.51. The van der Waals surface area contributed by atoms with E-state index in [0.29, 0.717) is 11.5 Å². The summed E-state index contributed by atoms with van der Waals surface area (Å²) in [7, 11) is 2.15. The molecule has 0 bridgehead atoms. The van der Waals surface area contributed by atoms with Crippen LogP contribution >= 0.6 is 0 Å². The molecule has 5 aromatic heterocycles. The third-order valence-electron chi connectivity index (χ3n) is 5.95. The van der Waals surface area contributed by atoms with Gasteiger partial charge < -0.3 is 20.5 Å². The lowest BCUT2D eigenvalue weighted by Crippen LogP contribution is -2.44. The van der Waals surface area contributed by atoms with Gasteiger partial charge in [-0.2, -0.15) is 5.10 Å². The standard InChI is InChI=1S/C22H22N10/c1-31-2-4-32(5-3-31)19-12-25-10-18-21(19)28-22(27-18)20-15-7-16(26-11-17(15)29-30-20)13-6-14(23)9-24-8-13/h6-12H,2-5,23H2,1H3,(H,27,28)(H,29,30). The molecular formula is C22H22N10. The molecule has 10 heteroatoms. The Kier molecular flexibility index (Phi) is 4.25. The molecule has 5 aromatic rings. The van der Waals surface area contributed by atoms with Crippen molar-refractivity contribution in [2.45, 2.75) is 0 Å². The summed E-state index contributed by atoms with van der Waals surface area (Å²) >= 11 is 0. The number of imidazole rings is 1. The molecule has 10 nitrogen and oxygen atoms in total. The predicted molar refractivity (Wildman–Crippen MR) is 124 cm³/mol. The van der Waals surface area contributed by atoms with Gasteiger partial charge in [0.1, 0.15) is 11.2 Å². The van der Waals surface area contributed by atoms with Crippen molar-refractivity contribution in [2.24, 2.45) is 0 Å². The van der Waals surface area contributed by atoms with E-state index >= 15 is 0 Å². The highest BCUT2D eigenvalue weighted by Gasteiger charge is 2.20. The largest absolute Gasteiger partial charge is 0.397 e. The van der Waals surface area contributed by atoms with Crippen molar-refractivity contribution in [1.82, 2.24) is 40.0 Å². The number of H-pyrrole nitrogens is 2. The molecule has 0 radical (unpaired) electrons. The molecule has 0 amide bonds. The van der Waals surface area contributed by atoms with Crippen LogP contribution in [0.3, 0.4) is 0 Å². The minimum absolute atomic E-state index is 0.595. The van der Waals surface area contributed by atoms with Crippen molar-refractivity contribution < 1.29 is 0 Å². The highest BCUT2D eigenvalue weighted by molar-refractivity contribution is 5.96. The number of fused-ring (bicyclic) bond motifs is 2.